The summed E-state index contributed by atoms with van der Waals surface area (Å²) in [6, 6.07) is 36.0. The third kappa shape index (κ3) is 5.91. The zero-order valence-corrected chi connectivity index (χ0v) is 41.2. The van der Waals surface area contributed by atoms with Gasteiger partial charge in [-0.05, 0) is 71.3 Å². The monoisotopic (exact) mass is 958 g/mol. The zero-order valence-electron chi connectivity index (χ0n) is 39.6. The Hall–Kier alpha value is -4.42. The van der Waals surface area contributed by atoms with E-state index in [1.807, 2.05) is 0 Å². The molecule has 12 heteroatoms. The number of para-hydroxylation sites is 2. The smallest absolute Gasteiger partial charge is 0.161 e. The maximum absolute atomic E-state index is 7.69. The molecule has 2 saturated carbocycles. The summed E-state index contributed by atoms with van der Waals surface area (Å²) in [6.07, 6.45) is 9.70. The van der Waals surface area contributed by atoms with E-state index in [2.05, 4.69) is 113 Å². The van der Waals surface area contributed by atoms with Crippen molar-refractivity contribution in [3.8, 4) is 23.0 Å². The number of anilines is 2. The van der Waals surface area contributed by atoms with Crippen molar-refractivity contribution in [3.05, 3.63) is 131 Å². The lowest BCUT2D eigenvalue weighted by atomic mass is 9.53. The molecule has 4 aromatic carbocycles. The van der Waals surface area contributed by atoms with E-state index in [9.17, 15) is 0 Å². The standard InChI is InChI=1S/C56H64N4O6.2ClH/c1-61-45-16-14-34(26-47(45)63-3)30-59-22-18-39-44(59)28-40-36(32-59)19-24-65-54-50(40)52(39)57(38-10-6-5-7-11-38)55-51-41-29-49-56(42-12-8-9-13-43(42)58(54)53(51)56)21-23-60(49,33-37(41)20-25-66-55)31-35-15-17-46(62-2)48(27-35)64-4;;/h5-17,19-20,26-27,39-41,44,49-55H,18,21-25,28-33H2,1-4H3;2*1H/q+2;;/p-2/t39-,40-,41-,44-,49-,50+,51+,52+,53-,54+,55+,56+,59?,60?;;/m0../s1. The van der Waals surface area contributed by atoms with Gasteiger partial charge < -0.3 is 72.0 Å². The molecule has 10 aliphatic rings. The van der Waals surface area contributed by atoms with Crippen LogP contribution in [-0.2, 0) is 28.0 Å². The Bertz CT molecular complexity index is 2690. The van der Waals surface area contributed by atoms with Crippen LogP contribution in [0, 0.1) is 29.6 Å². The van der Waals surface area contributed by atoms with Crippen LogP contribution in [-0.4, -0.2) is 113 Å². The number of halogens is 2. The predicted octanol–water partition coefficient (Wildman–Crippen LogP) is 2.10. The van der Waals surface area contributed by atoms with E-state index in [0.717, 1.165) is 71.1 Å². The molecule has 8 aliphatic heterocycles. The Morgan fingerprint density at radius 2 is 1.24 bits per heavy atom. The molecule has 0 amide bonds. The summed E-state index contributed by atoms with van der Waals surface area (Å²) in [6.45, 7) is 7.74. The number of fused-ring (bicyclic) bond motifs is 4. The second-order valence-electron chi connectivity index (χ2n) is 21.7. The molecular formula is C56H64Cl2N4O6. The van der Waals surface area contributed by atoms with Crippen LogP contribution in [0.2, 0.25) is 0 Å². The Kier molecular flexibility index (Phi) is 10.7. The van der Waals surface area contributed by atoms with E-state index in [-0.39, 0.29) is 66.6 Å². The zero-order chi connectivity index (χ0) is 44.1. The molecule has 14 rings (SSSR count). The van der Waals surface area contributed by atoms with Crippen molar-refractivity contribution in [2.45, 2.75) is 80.8 Å². The van der Waals surface area contributed by atoms with Crippen LogP contribution in [0.1, 0.15) is 42.4 Å². The van der Waals surface area contributed by atoms with E-state index in [1.165, 1.54) is 48.3 Å². The molecule has 2 unspecified atom stereocenters. The fourth-order valence-electron chi connectivity index (χ4n) is 17.5. The number of benzene rings is 4. The van der Waals surface area contributed by atoms with Gasteiger partial charge >= 0.3 is 0 Å². The SMILES string of the molecule is COc1ccc(C[N+]23CC[C@@H]4[C@@H]5[C@@H]6[C@@H](OCC=C(C2)[C@@H]6C[C@@H]43)N2c3ccccc3[C@@]34CC[N+]6(Cc7ccc(OC)c(OC)c7)CC7=CCO[C@H]([C@@H]([C@H]23)[C@H]7C[C@@H]46)N5c2ccccc2)cc1OC.[Cl-].[Cl-]. The molecule has 5 saturated heterocycles. The van der Waals surface area contributed by atoms with Gasteiger partial charge in [0.25, 0.3) is 0 Å². The van der Waals surface area contributed by atoms with Crippen LogP contribution in [0.25, 0.3) is 0 Å². The van der Waals surface area contributed by atoms with E-state index < -0.39 is 0 Å². The second kappa shape index (κ2) is 16.3. The van der Waals surface area contributed by atoms with Gasteiger partial charge in [-0.15, -0.1) is 0 Å². The predicted molar refractivity (Wildman–Crippen MR) is 253 cm³/mol. The number of rotatable bonds is 9. The molecule has 14 atom stereocenters. The molecule has 1 spiro atoms. The molecule has 4 bridgehead atoms. The number of hydrogen-bond acceptors (Lipinski definition) is 8. The van der Waals surface area contributed by atoms with Crippen LogP contribution in [0.5, 0.6) is 23.0 Å². The maximum Gasteiger partial charge on any atom is 0.161 e. The van der Waals surface area contributed by atoms with Crippen LogP contribution in [0.15, 0.2) is 114 Å². The van der Waals surface area contributed by atoms with Gasteiger partial charge in [-0.3, -0.25) is 0 Å². The molecule has 8 heterocycles. The van der Waals surface area contributed by atoms with Crippen LogP contribution >= 0.6 is 0 Å². The van der Waals surface area contributed by atoms with Crippen molar-refractivity contribution in [1.82, 2.24) is 0 Å². The highest BCUT2D eigenvalue weighted by atomic mass is 35.5. The third-order valence-corrected chi connectivity index (χ3v) is 19.6. The molecule has 10 nitrogen and oxygen atoms in total. The average Bonchev–Trinajstić information content (AvgIpc) is 3.89. The number of piperidine rings is 2. The minimum atomic E-state index is -0.0777. The fraction of sp³-hybridized carbons (Fsp3) is 0.500. The molecule has 2 aliphatic carbocycles. The average molecular weight is 960 g/mol. The summed E-state index contributed by atoms with van der Waals surface area (Å²) < 4.78 is 40.7. The summed E-state index contributed by atoms with van der Waals surface area (Å²) in [7, 11) is 6.98. The van der Waals surface area contributed by atoms with Gasteiger partial charge in [-0.25, -0.2) is 0 Å². The normalized spacial score (nSPS) is 37.9. The summed E-state index contributed by atoms with van der Waals surface area (Å²) in [5.74, 6) is 5.08. The van der Waals surface area contributed by atoms with Crippen molar-refractivity contribution in [3.63, 3.8) is 0 Å². The lowest BCUT2D eigenvalue weighted by Crippen LogP contribution is -3.00. The third-order valence-electron chi connectivity index (χ3n) is 19.6. The molecule has 4 aromatic rings. The molecule has 358 valence electrons. The molecule has 7 fully saturated rings. The van der Waals surface area contributed by atoms with E-state index in [0.29, 0.717) is 43.1 Å². The van der Waals surface area contributed by atoms with Gasteiger partial charge in [0.05, 0.1) is 72.2 Å². The van der Waals surface area contributed by atoms with E-state index in [4.69, 9.17) is 28.4 Å². The number of methoxy groups -OCH3 is 4. The first-order valence-corrected chi connectivity index (χ1v) is 24.9. The summed E-state index contributed by atoms with van der Waals surface area (Å²) in [4.78, 5) is 5.90. The highest BCUT2D eigenvalue weighted by Gasteiger charge is 2.77. The van der Waals surface area contributed by atoms with Crippen molar-refractivity contribution < 1.29 is 62.2 Å². The lowest BCUT2D eigenvalue weighted by Gasteiger charge is -2.65. The van der Waals surface area contributed by atoms with Gasteiger partial charge in [-0.2, -0.15) is 0 Å². The quantitative estimate of drug-likeness (QED) is 0.187. The number of hydrogen-bond donors (Lipinski definition) is 0. The summed E-state index contributed by atoms with van der Waals surface area (Å²) >= 11 is 0. The van der Waals surface area contributed by atoms with Crippen LogP contribution in [0.3, 0.4) is 0 Å². The maximum atomic E-state index is 7.69. The number of nitrogens with zero attached hydrogens (tertiary/aromatic N) is 4. The Morgan fingerprint density at radius 3 is 1.91 bits per heavy atom. The number of ether oxygens (including phenoxy) is 6. The molecular weight excluding hydrogens is 896 g/mol. The molecule has 0 N–H and O–H groups in total. The minimum absolute atomic E-state index is 0. The van der Waals surface area contributed by atoms with Gasteiger partial charge in [0, 0.05) is 83.8 Å². The van der Waals surface area contributed by atoms with E-state index >= 15 is 0 Å². The Balaban J connectivity index is 0.00000240. The first-order valence-electron chi connectivity index (χ1n) is 24.9. The first kappa shape index (κ1) is 44.8. The van der Waals surface area contributed by atoms with Gasteiger partial charge in [0.15, 0.2) is 23.0 Å². The molecule has 0 aromatic heterocycles. The Morgan fingerprint density at radius 1 is 0.632 bits per heavy atom. The molecule has 68 heavy (non-hydrogen) atoms. The highest BCUT2D eigenvalue weighted by Crippen LogP contribution is 2.70. The van der Waals surface area contributed by atoms with Gasteiger partial charge in [-0.1, -0.05) is 48.6 Å². The minimum Gasteiger partial charge on any atom is -1.00 e. The lowest BCUT2D eigenvalue weighted by molar-refractivity contribution is -0.955. The summed E-state index contributed by atoms with van der Waals surface area (Å²) in [5.41, 5.74) is 10.2. The van der Waals surface area contributed by atoms with Gasteiger partial charge in [0.2, 0.25) is 0 Å². The van der Waals surface area contributed by atoms with Crippen molar-refractivity contribution in [1.29, 1.82) is 0 Å². The highest BCUT2D eigenvalue weighted by molar-refractivity contribution is 5.68. The van der Waals surface area contributed by atoms with Gasteiger partial charge in [0.1, 0.15) is 44.7 Å². The summed E-state index contributed by atoms with van der Waals surface area (Å²) in [5, 5.41) is 0. The van der Waals surface area contributed by atoms with E-state index in [1.54, 1.807) is 45.1 Å². The van der Waals surface area contributed by atoms with Crippen molar-refractivity contribution >= 4 is 11.4 Å². The number of quaternary nitrogens is 2. The fourth-order valence-corrected chi connectivity index (χ4v) is 17.5. The van der Waals surface area contributed by atoms with Crippen LogP contribution < -0.4 is 53.6 Å². The van der Waals surface area contributed by atoms with Crippen LogP contribution in [0.4, 0.5) is 11.4 Å². The second-order valence-corrected chi connectivity index (χ2v) is 21.7. The molecule has 0 radical (unpaired) electrons. The Labute approximate surface area is 413 Å². The topological polar surface area (TPSA) is 61.9 Å². The van der Waals surface area contributed by atoms with Crippen molar-refractivity contribution in [2.75, 3.05) is 77.6 Å². The largest absolute Gasteiger partial charge is 1.00 e. The first-order chi connectivity index (χ1) is 32.4. The van der Waals surface area contributed by atoms with Crippen molar-refractivity contribution in [2.24, 2.45) is 29.6 Å².